The molecule has 3 nitrogen and oxygen atoms in total. The minimum Gasteiger partial charge on any atom is -0.466 e. The molecule has 0 radical (unpaired) electrons. The van der Waals surface area contributed by atoms with E-state index in [0.29, 0.717) is 13.0 Å². The summed E-state index contributed by atoms with van der Waals surface area (Å²) in [5.74, 6) is -0.0985. The minimum absolute atomic E-state index is 0.0862. The molecule has 1 aromatic carbocycles. The first-order valence-electron chi connectivity index (χ1n) is 7.73. The highest BCUT2D eigenvalue weighted by molar-refractivity contribution is 5.69. The van der Waals surface area contributed by atoms with E-state index < -0.39 is 0 Å². The fourth-order valence-electron chi connectivity index (χ4n) is 2.86. The smallest absolute Gasteiger partial charge is 0.305 e. The zero-order valence-corrected chi connectivity index (χ0v) is 12.4. The number of ether oxygens (including phenoxy) is 1. The summed E-state index contributed by atoms with van der Waals surface area (Å²) in [5.41, 5.74) is 10.5. The largest absolute Gasteiger partial charge is 0.466 e. The van der Waals surface area contributed by atoms with Gasteiger partial charge in [0.05, 0.1) is 6.61 Å². The quantitative estimate of drug-likeness (QED) is 0.613. The van der Waals surface area contributed by atoms with E-state index in [2.05, 4.69) is 18.2 Å². The molecular weight excluding hydrogens is 250 g/mol. The summed E-state index contributed by atoms with van der Waals surface area (Å²) in [6.07, 6.45) is 6.94. The van der Waals surface area contributed by atoms with Gasteiger partial charge in [0.15, 0.2) is 0 Å². The summed E-state index contributed by atoms with van der Waals surface area (Å²) < 4.78 is 4.91. The molecule has 0 spiro atoms. The maximum Gasteiger partial charge on any atom is 0.305 e. The van der Waals surface area contributed by atoms with Crippen LogP contribution in [-0.2, 0) is 22.4 Å². The zero-order chi connectivity index (χ0) is 14.4. The normalized spacial score (nSPS) is 14.9. The molecular formula is C17H25NO2. The first-order chi connectivity index (χ1) is 9.70. The molecule has 0 saturated carbocycles. The fourth-order valence-corrected chi connectivity index (χ4v) is 2.86. The van der Waals surface area contributed by atoms with Crippen LogP contribution in [0.3, 0.4) is 0 Å². The van der Waals surface area contributed by atoms with Crippen LogP contribution in [0.1, 0.15) is 61.8 Å². The van der Waals surface area contributed by atoms with Crippen LogP contribution in [0.4, 0.5) is 0 Å². The first kappa shape index (κ1) is 15.0. The lowest BCUT2D eigenvalue weighted by Crippen LogP contribution is -2.11. The van der Waals surface area contributed by atoms with E-state index >= 15 is 0 Å². The van der Waals surface area contributed by atoms with Crippen LogP contribution < -0.4 is 5.73 Å². The van der Waals surface area contributed by atoms with Gasteiger partial charge in [0.2, 0.25) is 0 Å². The Labute approximate surface area is 121 Å². The van der Waals surface area contributed by atoms with Gasteiger partial charge in [0.1, 0.15) is 0 Å². The predicted molar refractivity (Wildman–Crippen MR) is 80.5 cm³/mol. The Morgan fingerprint density at radius 3 is 2.90 bits per heavy atom. The van der Waals surface area contributed by atoms with Crippen molar-refractivity contribution >= 4 is 5.97 Å². The van der Waals surface area contributed by atoms with E-state index in [1.807, 2.05) is 6.92 Å². The molecule has 3 heteroatoms. The summed E-state index contributed by atoms with van der Waals surface area (Å²) in [7, 11) is 0. The second-order valence-electron chi connectivity index (χ2n) is 5.54. The maximum atomic E-state index is 11.2. The van der Waals surface area contributed by atoms with Gasteiger partial charge in [-0.3, -0.25) is 4.79 Å². The van der Waals surface area contributed by atoms with Crippen molar-refractivity contribution in [2.75, 3.05) is 6.61 Å². The summed E-state index contributed by atoms with van der Waals surface area (Å²) in [4.78, 5) is 11.2. The van der Waals surface area contributed by atoms with Gasteiger partial charge in [0.25, 0.3) is 0 Å². The zero-order valence-electron chi connectivity index (χ0n) is 12.4. The number of carbonyl (C=O) groups excluding carboxylic acids is 1. The van der Waals surface area contributed by atoms with Crippen molar-refractivity contribution in [3.8, 4) is 0 Å². The SMILES string of the molecule is CCOC(=O)CCCCC(N)c1ccc2c(c1)CCC2. The number of unbranched alkanes of at least 4 members (excludes halogenated alkanes) is 1. The lowest BCUT2D eigenvalue weighted by molar-refractivity contribution is -0.143. The molecule has 1 aliphatic rings. The number of fused-ring (bicyclic) bond motifs is 1. The third-order valence-corrected chi connectivity index (χ3v) is 4.00. The lowest BCUT2D eigenvalue weighted by atomic mass is 9.98. The van der Waals surface area contributed by atoms with Crippen LogP contribution in [0.5, 0.6) is 0 Å². The topological polar surface area (TPSA) is 52.3 Å². The Kier molecular flexibility index (Phi) is 5.60. The molecule has 0 bridgehead atoms. The third kappa shape index (κ3) is 4.07. The fraction of sp³-hybridized carbons (Fsp3) is 0.588. The first-order valence-corrected chi connectivity index (χ1v) is 7.73. The Morgan fingerprint density at radius 2 is 2.10 bits per heavy atom. The molecule has 0 saturated heterocycles. The van der Waals surface area contributed by atoms with Crippen LogP contribution in [0.25, 0.3) is 0 Å². The molecule has 2 N–H and O–H groups in total. The van der Waals surface area contributed by atoms with Gasteiger partial charge in [-0.05, 0) is 55.7 Å². The molecule has 20 heavy (non-hydrogen) atoms. The van der Waals surface area contributed by atoms with Crippen LogP contribution in [0.2, 0.25) is 0 Å². The van der Waals surface area contributed by atoms with Crippen LogP contribution in [0.15, 0.2) is 18.2 Å². The number of rotatable bonds is 7. The highest BCUT2D eigenvalue weighted by Gasteiger charge is 2.13. The molecule has 1 unspecified atom stereocenters. The van der Waals surface area contributed by atoms with Crippen molar-refractivity contribution < 1.29 is 9.53 Å². The van der Waals surface area contributed by atoms with Gasteiger partial charge < -0.3 is 10.5 Å². The molecule has 0 fully saturated rings. The number of aryl methyl sites for hydroxylation is 2. The number of hydrogen-bond donors (Lipinski definition) is 1. The molecule has 1 aromatic rings. The highest BCUT2D eigenvalue weighted by Crippen LogP contribution is 2.26. The van der Waals surface area contributed by atoms with Crippen LogP contribution in [0, 0.1) is 0 Å². The van der Waals surface area contributed by atoms with E-state index in [4.69, 9.17) is 10.5 Å². The van der Waals surface area contributed by atoms with E-state index in [1.54, 1.807) is 0 Å². The Balaban J connectivity index is 1.75. The summed E-state index contributed by atoms with van der Waals surface area (Å²) >= 11 is 0. The Bertz CT molecular complexity index is 456. The average molecular weight is 275 g/mol. The molecule has 1 aliphatic carbocycles. The van der Waals surface area contributed by atoms with E-state index in [9.17, 15) is 4.79 Å². The van der Waals surface area contributed by atoms with E-state index in [1.165, 1.54) is 36.0 Å². The second-order valence-corrected chi connectivity index (χ2v) is 5.54. The van der Waals surface area contributed by atoms with E-state index in [0.717, 1.165) is 19.3 Å². The van der Waals surface area contributed by atoms with Crippen molar-refractivity contribution in [2.45, 2.75) is 57.9 Å². The average Bonchev–Trinajstić information content (AvgIpc) is 2.91. The molecule has 2 rings (SSSR count). The Morgan fingerprint density at radius 1 is 1.30 bits per heavy atom. The number of esters is 1. The molecule has 110 valence electrons. The van der Waals surface area contributed by atoms with Crippen LogP contribution >= 0.6 is 0 Å². The standard InChI is InChI=1S/C17H25NO2/c1-2-20-17(19)9-4-3-8-16(18)15-11-10-13-6-5-7-14(13)12-15/h10-12,16H,2-9,18H2,1H3. The van der Waals surface area contributed by atoms with Gasteiger partial charge >= 0.3 is 5.97 Å². The van der Waals surface area contributed by atoms with Gasteiger partial charge in [-0.15, -0.1) is 0 Å². The second kappa shape index (κ2) is 7.44. The summed E-state index contributed by atoms with van der Waals surface area (Å²) in [5, 5.41) is 0. The van der Waals surface area contributed by atoms with Gasteiger partial charge in [-0.2, -0.15) is 0 Å². The van der Waals surface area contributed by atoms with E-state index in [-0.39, 0.29) is 12.0 Å². The molecule has 1 atom stereocenters. The molecule has 0 heterocycles. The number of nitrogens with two attached hydrogens (primary N) is 1. The Hall–Kier alpha value is -1.35. The van der Waals surface area contributed by atoms with Crippen molar-refractivity contribution in [2.24, 2.45) is 5.73 Å². The van der Waals surface area contributed by atoms with Crippen molar-refractivity contribution in [3.63, 3.8) is 0 Å². The highest BCUT2D eigenvalue weighted by atomic mass is 16.5. The number of benzene rings is 1. The summed E-state index contributed by atoms with van der Waals surface area (Å²) in [6, 6.07) is 6.76. The lowest BCUT2D eigenvalue weighted by Gasteiger charge is -2.13. The van der Waals surface area contributed by atoms with Crippen LogP contribution in [-0.4, -0.2) is 12.6 Å². The number of carbonyl (C=O) groups is 1. The molecule has 0 aliphatic heterocycles. The van der Waals surface area contributed by atoms with Crippen molar-refractivity contribution in [1.82, 2.24) is 0 Å². The molecule has 0 aromatic heterocycles. The minimum atomic E-state index is -0.0985. The van der Waals surface area contributed by atoms with Crippen molar-refractivity contribution in [3.05, 3.63) is 34.9 Å². The predicted octanol–water partition coefficient (Wildman–Crippen LogP) is 3.30. The van der Waals surface area contributed by atoms with Crippen molar-refractivity contribution in [1.29, 1.82) is 0 Å². The van der Waals surface area contributed by atoms with Gasteiger partial charge in [-0.25, -0.2) is 0 Å². The van der Waals surface area contributed by atoms with Gasteiger partial charge in [0, 0.05) is 12.5 Å². The maximum absolute atomic E-state index is 11.2. The third-order valence-electron chi connectivity index (χ3n) is 4.00. The number of hydrogen-bond acceptors (Lipinski definition) is 3. The monoisotopic (exact) mass is 275 g/mol. The molecule has 0 amide bonds. The van der Waals surface area contributed by atoms with Gasteiger partial charge in [-0.1, -0.05) is 24.6 Å². The summed E-state index contributed by atoms with van der Waals surface area (Å²) in [6.45, 7) is 2.30.